The quantitative estimate of drug-likeness (QED) is 0.629. The maximum Gasteiger partial charge on any atom is 0.254 e. The number of rotatable bonds is 7. The normalized spacial score (nSPS) is 13.9. The van der Waals surface area contributed by atoms with E-state index in [9.17, 15) is 4.79 Å². The van der Waals surface area contributed by atoms with Crippen molar-refractivity contribution >= 4 is 11.7 Å². The lowest BCUT2D eigenvalue weighted by Crippen LogP contribution is -2.49. The second-order valence-electron chi connectivity index (χ2n) is 7.31. The average molecular weight is 421 g/mol. The Morgan fingerprint density at radius 3 is 2.35 bits per heavy atom. The molecule has 0 bridgehead atoms. The minimum Gasteiger partial charge on any atom is -0.490 e. The first kappa shape index (κ1) is 20.8. The van der Waals surface area contributed by atoms with Gasteiger partial charge in [-0.1, -0.05) is 30.3 Å². The SMILES string of the molecule is CCOc1ccc(C(=O)N2CCN(c3cc(-c4ccccc4)[nH]n3)CC2)cc1OCC. The van der Waals surface area contributed by atoms with Gasteiger partial charge in [-0.15, -0.1) is 0 Å². The number of aromatic nitrogens is 2. The summed E-state index contributed by atoms with van der Waals surface area (Å²) in [4.78, 5) is 17.1. The third-order valence-corrected chi connectivity index (χ3v) is 5.33. The maximum absolute atomic E-state index is 13.0. The Kier molecular flexibility index (Phi) is 6.40. The first-order valence-corrected chi connectivity index (χ1v) is 10.7. The van der Waals surface area contributed by atoms with Crippen LogP contribution in [0.25, 0.3) is 11.3 Å². The van der Waals surface area contributed by atoms with Gasteiger partial charge in [0, 0.05) is 37.8 Å². The van der Waals surface area contributed by atoms with Gasteiger partial charge < -0.3 is 19.3 Å². The molecule has 1 fully saturated rings. The summed E-state index contributed by atoms with van der Waals surface area (Å²) in [5, 5.41) is 7.59. The fourth-order valence-electron chi connectivity index (χ4n) is 3.74. The summed E-state index contributed by atoms with van der Waals surface area (Å²) in [7, 11) is 0. The molecule has 0 radical (unpaired) electrons. The van der Waals surface area contributed by atoms with Crippen molar-refractivity contribution in [1.29, 1.82) is 0 Å². The number of nitrogens with zero attached hydrogens (tertiary/aromatic N) is 3. The van der Waals surface area contributed by atoms with Gasteiger partial charge in [0.15, 0.2) is 17.3 Å². The van der Waals surface area contributed by atoms with Crippen LogP contribution in [0.1, 0.15) is 24.2 Å². The Morgan fingerprint density at radius 2 is 1.65 bits per heavy atom. The number of carbonyl (C=O) groups excluding carboxylic acids is 1. The molecule has 2 heterocycles. The average Bonchev–Trinajstić information content (AvgIpc) is 3.31. The van der Waals surface area contributed by atoms with Crippen molar-refractivity contribution in [2.75, 3.05) is 44.3 Å². The van der Waals surface area contributed by atoms with Crippen LogP contribution in [0.15, 0.2) is 54.6 Å². The summed E-state index contributed by atoms with van der Waals surface area (Å²) in [6.07, 6.45) is 0. The third-order valence-electron chi connectivity index (χ3n) is 5.33. The molecule has 0 spiro atoms. The van der Waals surface area contributed by atoms with Crippen LogP contribution in [0.3, 0.4) is 0 Å². The van der Waals surface area contributed by atoms with E-state index < -0.39 is 0 Å². The van der Waals surface area contributed by atoms with Gasteiger partial charge in [-0.25, -0.2) is 0 Å². The van der Waals surface area contributed by atoms with Crippen LogP contribution in [-0.2, 0) is 0 Å². The van der Waals surface area contributed by atoms with E-state index in [1.807, 2.05) is 49.1 Å². The van der Waals surface area contributed by atoms with E-state index in [0.29, 0.717) is 43.4 Å². The van der Waals surface area contributed by atoms with Crippen LogP contribution in [0.5, 0.6) is 11.5 Å². The predicted molar refractivity (Wildman–Crippen MR) is 121 cm³/mol. The number of anilines is 1. The molecule has 1 saturated heterocycles. The topological polar surface area (TPSA) is 70.7 Å². The van der Waals surface area contributed by atoms with Gasteiger partial charge in [0.25, 0.3) is 5.91 Å². The van der Waals surface area contributed by atoms with Crippen LogP contribution in [0.4, 0.5) is 5.82 Å². The monoisotopic (exact) mass is 420 g/mol. The Morgan fingerprint density at radius 1 is 0.935 bits per heavy atom. The van der Waals surface area contributed by atoms with Crippen LogP contribution in [0.2, 0.25) is 0 Å². The minimum atomic E-state index is 0.00986. The van der Waals surface area contributed by atoms with Crippen molar-refractivity contribution in [2.45, 2.75) is 13.8 Å². The molecule has 1 aliphatic heterocycles. The number of hydrogen-bond donors (Lipinski definition) is 1. The number of benzene rings is 2. The maximum atomic E-state index is 13.0. The van der Waals surface area contributed by atoms with E-state index in [1.165, 1.54) is 0 Å². The molecular weight excluding hydrogens is 392 g/mol. The second kappa shape index (κ2) is 9.55. The predicted octanol–water partition coefficient (Wildman–Crippen LogP) is 3.84. The number of amides is 1. The summed E-state index contributed by atoms with van der Waals surface area (Å²) < 4.78 is 11.3. The molecule has 0 atom stereocenters. The highest BCUT2D eigenvalue weighted by molar-refractivity contribution is 5.95. The number of nitrogens with one attached hydrogen (secondary N) is 1. The number of piperazine rings is 1. The fraction of sp³-hybridized carbons (Fsp3) is 0.333. The molecule has 0 saturated carbocycles. The summed E-state index contributed by atoms with van der Waals surface area (Å²) in [5.41, 5.74) is 2.72. The van der Waals surface area contributed by atoms with Crippen molar-refractivity contribution in [3.8, 4) is 22.8 Å². The zero-order chi connectivity index (χ0) is 21.6. The van der Waals surface area contributed by atoms with Gasteiger partial charge in [0.05, 0.1) is 18.9 Å². The molecular formula is C24H28N4O3. The van der Waals surface area contributed by atoms with Crippen molar-refractivity contribution in [3.63, 3.8) is 0 Å². The van der Waals surface area contributed by atoms with Crippen molar-refractivity contribution in [3.05, 3.63) is 60.2 Å². The number of carbonyl (C=O) groups is 1. The summed E-state index contributed by atoms with van der Waals surface area (Å²) >= 11 is 0. The van der Waals surface area contributed by atoms with Crippen LogP contribution < -0.4 is 14.4 Å². The van der Waals surface area contributed by atoms with Crippen molar-refractivity contribution < 1.29 is 14.3 Å². The van der Waals surface area contributed by atoms with Crippen LogP contribution >= 0.6 is 0 Å². The smallest absolute Gasteiger partial charge is 0.254 e. The van der Waals surface area contributed by atoms with Gasteiger partial charge in [0.1, 0.15) is 0 Å². The Bertz CT molecular complexity index is 1010. The molecule has 1 amide bonds. The van der Waals surface area contributed by atoms with E-state index in [0.717, 1.165) is 30.2 Å². The largest absolute Gasteiger partial charge is 0.490 e. The number of hydrogen-bond acceptors (Lipinski definition) is 5. The highest BCUT2D eigenvalue weighted by Gasteiger charge is 2.24. The molecule has 1 aliphatic rings. The van der Waals surface area contributed by atoms with E-state index in [-0.39, 0.29) is 5.91 Å². The van der Waals surface area contributed by atoms with E-state index >= 15 is 0 Å². The van der Waals surface area contributed by atoms with E-state index in [2.05, 4.69) is 33.3 Å². The molecule has 7 nitrogen and oxygen atoms in total. The van der Waals surface area contributed by atoms with Crippen LogP contribution in [0, 0.1) is 0 Å². The second-order valence-corrected chi connectivity index (χ2v) is 7.31. The molecule has 4 rings (SSSR count). The number of ether oxygens (including phenoxy) is 2. The highest BCUT2D eigenvalue weighted by atomic mass is 16.5. The molecule has 162 valence electrons. The van der Waals surface area contributed by atoms with Gasteiger partial charge in [-0.05, 0) is 37.6 Å². The Hall–Kier alpha value is -3.48. The first-order chi connectivity index (χ1) is 15.2. The molecule has 3 aromatic rings. The first-order valence-electron chi connectivity index (χ1n) is 10.7. The third kappa shape index (κ3) is 4.66. The standard InChI is InChI=1S/C24H28N4O3/c1-3-30-21-11-10-19(16-22(21)31-4-2)24(29)28-14-12-27(13-15-28)23-17-20(25-26-23)18-8-6-5-7-9-18/h5-11,16-17H,3-4,12-15H2,1-2H3,(H,25,26). The Balaban J connectivity index is 1.40. The van der Waals surface area contributed by atoms with Gasteiger partial charge in [-0.2, -0.15) is 5.10 Å². The summed E-state index contributed by atoms with van der Waals surface area (Å²) in [5.74, 6) is 2.19. The minimum absolute atomic E-state index is 0.00986. The summed E-state index contributed by atoms with van der Waals surface area (Å²) in [6, 6.07) is 17.6. The molecule has 7 heteroatoms. The Labute approximate surface area is 182 Å². The molecule has 1 aromatic heterocycles. The lowest BCUT2D eigenvalue weighted by Gasteiger charge is -2.34. The number of aromatic amines is 1. The molecule has 0 unspecified atom stereocenters. The van der Waals surface area contributed by atoms with Gasteiger partial charge >= 0.3 is 0 Å². The lowest BCUT2D eigenvalue weighted by molar-refractivity contribution is 0.0746. The van der Waals surface area contributed by atoms with E-state index in [1.54, 1.807) is 6.07 Å². The molecule has 0 aliphatic carbocycles. The zero-order valence-corrected chi connectivity index (χ0v) is 18.0. The fourth-order valence-corrected chi connectivity index (χ4v) is 3.74. The zero-order valence-electron chi connectivity index (χ0n) is 18.0. The summed E-state index contributed by atoms with van der Waals surface area (Å²) in [6.45, 7) is 7.67. The molecule has 31 heavy (non-hydrogen) atoms. The van der Waals surface area contributed by atoms with Gasteiger partial charge in [0.2, 0.25) is 0 Å². The highest BCUT2D eigenvalue weighted by Crippen LogP contribution is 2.29. The number of H-pyrrole nitrogens is 1. The molecule has 2 aromatic carbocycles. The van der Waals surface area contributed by atoms with Crippen LogP contribution in [-0.4, -0.2) is 60.4 Å². The van der Waals surface area contributed by atoms with Crippen molar-refractivity contribution in [2.24, 2.45) is 0 Å². The molecule has 1 N–H and O–H groups in total. The lowest BCUT2D eigenvalue weighted by atomic mass is 10.1. The van der Waals surface area contributed by atoms with E-state index in [4.69, 9.17) is 9.47 Å². The van der Waals surface area contributed by atoms with Crippen molar-refractivity contribution in [1.82, 2.24) is 15.1 Å². The van der Waals surface area contributed by atoms with Gasteiger partial charge in [-0.3, -0.25) is 9.89 Å².